The highest BCUT2D eigenvalue weighted by molar-refractivity contribution is 6.32. The summed E-state index contributed by atoms with van der Waals surface area (Å²) in [5, 5.41) is 9.75. The van der Waals surface area contributed by atoms with Crippen LogP contribution >= 0.6 is 11.6 Å². The Balaban J connectivity index is 1.94. The third-order valence-electron chi connectivity index (χ3n) is 4.20. The Labute approximate surface area is 178 Å². The van der Waals surface area contributed by atoms with Crippen molar-refractivity contribution in [2.75, 3.05) is 6.61 Å². The van der Waals surface area contributed by atoms with Crippen molar-refractivity contribution in [3.8, 4) is 17.6 Å². The number of allylic oxidation sites excluding steroid dienone is 1. The van der Waals surface area contributed by atoms with Gasteiger partial charge in [-0.1, -0.05) is 41.9 Å². The lowest BCUT2D eigenvalue weighted by Crippen LogP contribution is -2.01. The topological polar surface area (TPSA) is 42.2 Å². The van der Waals surface area contributed by atoms with Crippen LogP contribution in [0.1, 0.15) is 23.6 Å². The molecular weight excluding hydrogens is 408 g/mol. The molecule has 0 atom stereocenters. The van der Waals surface area contributed by atoms with E-state index in [0.717, 1.165) is 0 Å². The first-order valence-corrected chi connectivity index (χ1v) is 9.60. The van der Waals surface area contributed by atoms with E-state index >= 15 is 0 Å². The number of rotatable bonds is 7. The standard InChI is InChI=1S/C24H18ClF2NO2/c1-2-29-23-13-17(10-18(14-28)20-8-3-4-9-22(20)27)12-21(25)24(23)30-15-16-6-5-7-19(26)11-16/h3-13H,2,15H2,1H3. The molecule has 30 heavy (non-hydrogen) atoms. The van der Waals surface area contributed by atoms with E-state index in [2.05, 4.69) is 0 Å². The van der Waals surface area contributed by atoms with Crippen molar-refractivity contribution in [2.24, 2.45) is 0 Å². The first kappa shape index (κ1) is 21.4. The molecule has 3 rings (SSSR count). The summed E-state index contributed by atoms with van der Waals surface area (Å²) in [6.07, 6.45) is 1.53. The Morgan fingerprint density at radius 1 is 1.07 bits per heavy atom. The van der Waals surface area contributed by atoms with Gasteiger partial charge in [-0.3, -0.25) is 0 Å². The number of benzene rings is 3. The smallest absolute Gasteiger partial charge is 0.180 e. The molecule has 6 heteroatoms. The van der Waals surface area contributed by atoms with Crippen molar-refractivity contribution in [3.05, 3.63) is 94.0 Å². The minimum absolute atomic E-state index is 0.103. The van der Waals surface area contributed by atoms with Crippen molar-refractivity contribution in [1.82, 2.24) is 0 Å². The molecule has 152 valence electrons. The minimum atomic E-state index is -0.489. The maximum absolute atomic E-state index is 14.1. The second-order valence-corrected chi connectivity index (χ2v) is 6.74. The van der Waals surface area contributed by atoms with Crippen LogP contribution in [0.3, 0.4) is 0 Å². The molecule has 3 aromatic rings. The Morgan fingerprint density at radius 2 is 1.87 bits per heavy atom. The molecule has 0 unspecified atom stereocenters. The number of nitriles is 1. The van der Waals surface area contributed by atoms with E-state index in [-0.39, 0.29) is 28.6 Å². The molecule has 0 heterocycles. The second-order valence-electron chi connectivity index (χ2n) is 6.33. The molecule has 0 N–H and O–H groups in total. The summed E-state index contributed by atoms with van der Waals surface area (Å²) in [5.74, 6) is -0.163. The quantitative estimate of drug-likeness (QED) is 0.314. The molecular formula is C24H18ClF2NO2. The molecule has 0 amide bonds. The van der Waals surface area contributed by atoms with E-state index in [0.29, 0.717) is 29.2 Å². The predicted octanol–water partition coefficient (Wildman–Crippen LogP) is 6.66. The molecule has 0 fully saturated rings. The van der Waals surface area contributed by atoms with E-state index in [1.54, 1.807) is 36.4 Å². The van der Waals surface area contributed by atoms with Gasteiger partial charge in [0.25, 0.3) is 0 Å². The SMILES string of the molecule is CCOc1cc(C=C(C#N)c2ccccc2F)cc(Cl)c1OCc1cccc(F)c1. The molecule has 0 spiro atoms. The number of hydrogen-bond acceptors (Lipinski definition) is 3. The molecule has 0 saturated carbocycles. The summed E-state index contributed by atoms with van der Waals surface area (Å²) in [5.41, 5.74) is 1.55. The van der Waals surface area contributed by atoms with Gasteiger partial charge in [0.15, 0.2) is 11.5 Å². The lowest BCUT2D eigenvalue weighted by molar-refractivity contribution is 0.269. The van der Waals surface area contributed by atoms with Crippen LogP contribution in [0.5, 0.6) is 11.5 Å². The van der Waals surface area contributed by atoms with Crippen LogP contribution < -0.4 is 9.47 Å². The van der Waals surface area contributed by atoms with Gasteiger partial charge in [0.1, 0.15) is 18.2 Å². The summed E-state index contributed by atoms with van der Waals surface area (Å²) >= 11 is 6.41. The number of nitrogens with zero attached hydrogens (tertiary/aromatic N) is 1. The summed E-state index contributed by atoms with van der Waals surface area (Å²) in [6.45, 7) is 2.27. The van der Waals surface area contributed by atoms with Crippen molar-refractivity contribution in [1.29, 1.82) is 5.26 Å². The fourth-order valence-corrected chi connectivity index (χ4v) is 3.15. The normalized spacial score (nSPS) is 11.1. The van der Waals surface area contributed by atoms with Crippen LogP contribution in [-0.4, -0.2) is 6.61 Å². The molecule has 0 aliphatic carbocycles. The first-order chi connectivity index (χ1) is 14.5. The fraction of sp³-hybridized carbons (Fsp3) is 0.125. The highest BCUT2D eigenvalue weighted by atomic mass is 35.5. The van der Waals surface area contributed by atoms with Crippen molar-refractivity contribution in [2.45, 2.75) is 13.5 Å². The van der Waals surface area contributed by atoms with Gasteiger partial charge in [-0.25, -0.2) is 8.78 Å². The average Bonchev–Trinajstić information content (AvgIpc) is 2.72. The average molecular weight is 426 g/mol. The largest absolute Gasteiger partial charge is 0.490 e. The summed E-state index contributed by atoms with van der Waals surface area (Å²) in [7, 11) is 0. The monoisotopic (exact) mass is 425 g/mol. The summed E-state index contributed by atoms with van der Waals surface area (Å²) in [4.78, 5) is 0. The van der Waals surface area contributed by atoms with Crippen LogP contribution in [0, 0.1) is 23.0 Å². The Morgan fingerprint density at radius 3 is 2.57 bits per heavy atom. The molecule has 0 bridgehead atoms. The van der Waals surface area contributed by atoms with Gasteiger partial charge in [-0.15, -0.1) is 0 Å². The highest BCUT2D eigenvalue weighted by Crippen LogP contribution is 2.38. The molecule has 0 aliphatic heterocycles. The minimum Gasteiger partial charge on any atom is -0.490 e. The van der Waals surface area contributed by atoms with E-state index in [4.69, 9.17) is 21.1 Å². The molecule has 0 aromatic heterocycles. The Kier molecular flexibility index (Phi) is 7.05. The number of ether oxygens (including phenoxy) is 2. The molecule has 3 nitrogen and oxygen atoms in total. The highest BCUT2D eigenvalue weighted by Gasteiger charge is 2.14. The third kappa shape index (κ3) is 5.16. The van der Waals surface area contributed by atoms with Crippen LogP contribution in [-0.2, 0) is 6.61 Å². The van der Waals surface area contributed by atoms with Crippen molar-refractivity contribution >= 4 is 23.3 Å². The molecule has 0 radical (unpaired) electrons. The maximum Gasteiger partial charge on any atom is 0.180 e. The van der Waals surface area contributed by atoms with Gasteiger partial charge in [-0.05, 0) is 54.5 Å². The number of halogens is 3. The van der Waals surface area contributed by atoms with Crippen LogP contribution in [0.2, 0.25) is 5.02 Å². The van der Waals surface area contributed by atoms with Gasteiger partial charge < -0.3 is 9.47 Å². The predicted molar refractivity (Wildman–Crippen MR) is 113 cm³/mol. The van der Waals surface area contributed by atoms with Crippen LogP contribution in [0.15, 0.2) is 60.7 Å². The van der Waals surface area contributed by atoms with E-state index in [1.165, 1.54) is 30.3 Å². The van der Waals surface area contributed by atoms with Crippen molar-refractivity contribution in [3.63, 3.8) is 0 Å². The van der Waals surface area contributed by atoms with Gasteiger partial charge >= 0.3 is 0 Å². The van der Waals surface area contributed by atoms with Gasteiger partial charge in [0.2, 0.25) is 0 Å². The Bertz CT molecular complexity index is 1120. The molecule has 0 aliphatic rings. The van der Waals surface area contributed by atoms with Crippen LogP contribution in [0.4, 0.5) is 8.78 Å². The fourth-order valence-electron chi connectivity index (χ4n) is 2.87. The van der Waals surface area contributed by atoms with Gasteiger partial charge in [0.05, 0.1) is 23.3 Å². The lowest BCUT2D eigenvalue weighted by Gasteiger charge is -2.15. The van der Waals surface area contributed by atoms with E-state index < -0.39 is 5.82 Å². The van der Waals surface area contributed by atoms with Crippen molar-refractivity contribution < 1.29 is 18.3 Å². The van der Waals surface area contributed by atoms with E-state index in [9.17, 15) is 14.0 Å². The van der Waals surface area contributed by atoms with Gasteiger partial charge in [0, 0.05) is 5.56 Å². The maximum atomic E-state index is 14.1. The first-order valence-electron chi connectivity index (χ1n) is 9.22. The lowest BCUT2D eigenvalue weighted by atomic mass is 10.0. The van der Waals surface area contributed by atoms with Gasteiger partial charge in [-0.2, -0.15) is 5.26 Å². The Hall–Kier alpha value is -3.36. The number of hydrogen-bond donors (Lipinski definition) is 0. The second kappa shape index (κ2) is 9.91. The zero-order valence-electron chi connectivity index (χ0n) is 16.2. The zero-order valence-corrected chi connectivity index (χ0v) is 16.9. The third-order valence-corrected chi connectivity index (χ3v) is 4.48. The zero-order chi connectivity index (χ0) is 21.5. The summed E-state index contributed by atoms with van der Waals surface area (Å²) < 4.78 is 38.9. The summed E-state index contributed by atoms with van der Waals surface area (Å²) in [6, 6.07) is 17.4. The molecule has 3 aromatic carbocycles. The molecule has 0 saturated heterocycles. The van der Waals surface area contributed by atoms with E-state index in [1.807, 2.05) is 13.0 Å². The van der Waals surface area contributed by atoms with Crippen LogP contribution in [0.25, 0.3) is 11.6 Å².